The van der Waals surface area contributed by atoms with E-state index >= 15 is 0 Å². The normalized spacial score (nSPS) is 28.5. The summed E-state index contributed by atoms with van der Waals surface area (Å²) >= 11 is 0. The van der Waals surface area contributed by atoms with Gasteiger partial charge in [0.1, 0.15) is 12.4 Å². The monoisotopic (exact) mass is 291 g/mol. The summed E-state index contributed by atoms with van der Waals surface area (Å²) in [6.07, 6.45) is 3.97. The number of aliphatic hydroxyl groups is 1. The van der Waals surface area contributed by atoms with Crippen LogP contribution in [-0.2, 0) is 0 Å². The van der Waals surface area contributed by atoms with Crippen molar-refractivity contribution in [3.05, 3.63) is 29.8 Å². The van der Waals surface area contributed by atoms with Gasteiger partial charge in [0, 0.05) is 18.6 Å². The molecule has 0 amide bonds. The molecule has 3 rings (SSSR count). The molecule has 1 aromatic rings. The summed E-state index contributed by atoms with van der Waals surface area (Å²) in [6, 6.07) is 7.49. The molecule has 2 unspecified atom stereocenters. The van der Waals surface area contributed by atoms with Gasteiger partial charge in [-0.2, -0.15) is 0 Å². The SMILES string of the molecule is O=C(O)c1ccc(OCCN2C3CCC2CC(O)C3)cc1. The van der Waals surface area contributed by atoms with Crippen LogP contribution in [-0.4, -0.2) is 52.4 Å². The number of carboxylic acid groups (broad SMARTS) is 1. The van der Waals surface area contributed by atoms with Crippen LogP contribution in [0.5, 0.6) is 5.75 Å². The number of aromatic carboxylic acids is 1. The molecule has 1 aromatic carbocycles. The van der Waals surface area contributed by atoms with Gasteiger partial charge in [0.05, 0.1) is 11.7 Å². The average molecular weight is 291 g/mol. The van der Waals surface area contributed by atoms with Gasteiger partial charge in [0.15, 0.2) is 0 Å². The molecule has 0 radical (unpaired) electrons. The number of ether oxygens (including phenoxy) is 1. The second-order valence-electron chi connectivity index (χ2n) is 5.93. The number of piperidine rings is 1. The summed E-state index contributed by atoms with van der Waals surface area (Å²) in [5.41, 5.74) is 0.269. The topological polar surface area (TPSA) is 70.0 Å². The van der Waals surface area contributed by atoms with Crippen LogP contribution in [0.1, 0.15) is 36.0 Å². The molecule has 5 nitrogen and oxygen atoms in total. The standard InChI is InChI=1S/C16H21NO4/c18-14-9-12-3-4-13(10-14)17(12)7-8-21-15-5-1-11(2-6-15)16(19)20/h1-2,5-6,12-14,18H,3-4,7-10H2,(H,19,20). The molecule has 2 saturated heterocycles. The molecule has 2 atom stereocenters. The lowest BCUT2D eigenvalue weighted by Crippen LogP contribution is -2.46. The molecule has 114 valence electrons. The Hall–Kier alpha value is -1.59. The molecule has 2 heterocycles. The number of fused-ring (bicyclic) bond motifs is 2. The fourth-order valence-electron chi connectivity index (χ4n) is 3.57. The van der Waals surface area contributed by atoms with Gasteiger partial charge in [-0.1, -0.05) is 0 Å². The van der Waals surface area contributed by atoms with Crippen LogP contribution >= 0.6 is 0 Å². The second-order valence-corrected chi connectivity index (χ2v) is 5.93. The Kier molecular flexibility index (Phi) is 4.12. The maximum atomic E-state index is 10.8. The Morgan fingerprint density at radius 1 is 1.19 bits per heavy atom. The summed E-state index contributed by atoms with van der Waals surface area (Å²) in [5, 5.41) is 18.6. The molecule has 2 fully saturated rings. The van der Waals surface area contributed by atoms with Crippen molar-refractivity contribution in [1.29, 1.82) is 0 Å². The maximum Gasteiger partial charge on any atom is 0.335 e. The van der Waals surface area contributed by atoms with Crippen LogP contribution < -0.4 is 4.74 Å². The van der Waals surface area contributed by atoms with E-state index in [0.717, 1.165) is 19.4 Å². The third kappa shape index (κ3) is 3.19. The van der Waals surface area contributed by atoms with E-state index in [1.165, 1.54) is 12.8 Å². The number of hydrogen-bond acceptors (Lipinski definition) is 4. The van der Waals surface area contributed by atoms with Crippen molar-refractivity contribution >= 4 is 5.97 Å². The first-order valence-corrected chi connectivity index (χ1v) is 7.53. The van der Waals surface area contributed by atoms with E-state index in [1.807, 2.05) is 0 Å². The largest absolute Gasteiger partial charge is 0.492 e. The minimum atomic E-state index is -0.926. The van der Waals surface area contributed by atoms with E-state index in [2.05, 4.69) is 4.90 Å². The number of benzene rings is 1. The summed E-state index contributed by atoms with van der Waals surface area (Å²) in [4.78, 5) is 13.2. The highest BCUT2D eigenvalue weighted by molar-refractivity contribution is 5.87. The highest BCUT2D eigenvalue weighted by atomic mass is 16.5. The molecule has 2 N–H and O–H groups in total. The highest BCUT2D eigenvalue weighted by Gasteiger charge is 2.39. The Balaban J connectivity index is 1.49. The van der Waals surface area contributed by atoms with Crippen LogP contribution in [0.25, 0.3) is 0 Å². The van der Waals surface area contributed by atoms with Crippen LogP contribution in [0.2, 0.25) is 0 Å². The number of nitrogens with zero attached hydrogens (tertiary/aromatic N) is 1. The number of aliphatic hydroxyl groups excluding tert-OH is 1. The lowest BCUT2D eigenvalue weighted by molar-refractivity contribution is 0.0288. The van der Waals surface area contributed by atoms with E-state index in [0.29, 0.717) is 24.4 Å². The first-order valence-electron chi connectivity index (χ1n) is 7.53. The van der Waals surface area contributed by atoms with Crippen LogP contribution in [0.4, 0.5) is 0 Å². The van der Waals surface area contributed by atoms with Crippen molar-refractivity contribution in [3.8, 4) is 5.75 Å². The highest BCUT2D eigenvalue weighted by Crippen LogP contribution is 2.35. The van der Waals surface area contributed by atoms with Crippen molar-refractivity contribution in [2.45, 2.75) is 43.9 Å². The van der Waals surface area contributed by atoms with E-state index in [-0.39, 0.29) is 11.7 Å². The van der Waals surface area contributed by atoms with E-state index in [9.17, 15) is 9.90 Å². The molecule has 0 spiro atoms. The predicted molar refractivity (Wildman–Crippen MR) is 77.7 cm³/mol. The van der Waals surface area contributed by atoms with Crippen molar-refractivity contribution < 1.29 is 19.7 Å². The van der Waals surface area contributed by atoms with Gasteiger partial charge >= 0.3 is 5.97 Å². The van der Waals surface area contributed by atoms with E-state index < -0.39 is 5.97 Å². The molecule has 0 aliphatic carbocycles. The van der Waals surface area contributed by atoms with Crippen molar-refractivity contribution in [2.75, 3.05) is 13.2 Å². The van der Waals surface area contributed by atoms with Crippen molar-refractivity contribution in [2.24, 2.45) is 0 Å². The predicted octanol–water partition coefficient (Wildman–Crippen LogP) is 1.75. The van der Waals surface area contributed by atoms with Crippen LogP contribution in [0.15, 0.2) is 24.3 Å². The van der Waals surface area contributed by atoms with E-state index in [4.69, 9.17) is 9.84 Å². The lowest BCUT2D eigenvalue weighted by Gasteiger charge is -2.36. The molecule has 0 saturated carbocycles. The van der Waals surface area contributed by atoms with Gasteiger partial charge in [-0.25, -0.2) is 4.79 Å². The fourth-order valence-corrected chi connectivity index (χ4v) is 3.57. The zero-order valence-corrected chi connectivity index (χ0v) is 11.9. The number of carboxylic acids is 1. The molecule has 2 aliphatic rings. The second kappa shape index (κ2) is 6.03. The van der Waals surface area contributed by atoms with Gasteiger partial charge in [-0.15, -0.1) is 0 Å². The number of hydrogen-bond donors (Lipinski definition) is 2. The zero-order chi connectivity index (χ0) is 14.8. The Morgan fingerprint density at radius 2 is 1.81 bits per heavy atom. The van der Waals surface area contributed by atoms with Gasteiger partial charge in [-0.3, -0.25) is 4.90 Å². The molecular formula is C16H21NO4. The minimum Gasteiger partial charge on any atom is -0.492 e. The molecule has 5 heteroatoms. The number of carbonyl (C=O) groups is 1. The van der Waals surface area contributed by atoms with Gasteiger partial charge < -0.3 is 14.9 Å². The van der Waals surface area contributed by atoms with Gasteiger partial charge in [-0.05, 0) is 49.9 Å². The fraction of sp³-hybridized carbons (Fsp3) is 0.562. The summed E-state index contributed by atoms with van der Waals surface area (Å²) in [6.45, 7) is 1.46. The molecule has 2 bridgehead atoms. The summed E-state index contributed by atoms with van der Waals surface area (Å²) in [7, 11) is 0. The van der Waals surface area contributed by atoms with E-state index in [1.54, 1.807) is 24.3 Å². The van der Waals surface area contributed by atoms with Gasteiger partial charge in [0.2, 0.25) is 0 Å². The Bertz CT molecular complexity index is 488. The van der Waals surface area contributed by atoms with Gasteiger partial charge in [0.25, 0.3) is 0 Å². The molecule has 0 aromatic heterocycles. The molecule has 21 heavy (non-hydrogen) atoms. The zero-order valence-electron chi connectivity index (χ0n) is 11.9. The molecule has 2 aliphatic heterocycles. The molecular weight excluding hydrogens is 270 g/mol. The minimum absolute atomic E-state index is 0.136. The Labute approximate surface area is 124 Å². The third-order valence-corrected chi connectivity index (χ3v) is 4.58. The van der Waals surface area contributed by atoms with Crippen LogP contribution in [0.3, 0.4) is 0 Å². The maximum absolute atomic E-state index is 10.8. The summed E-state index contributed by atoms with van der Waals surface area (Å²) in [5.74, 6) is -0.227. The van der Waals surface area contributed by atoms with Crippen molar-refractivity contribution in [1.82, 2.24) is 4.90 Å². The van der Waals surface area contributed by atoms with Crippen molar-refractivity contribution in [3.63, 3.8) is 0 Å². The summed E-state index contributed by atoms with van der Waals surface area (Å²) < 4.78 is 5.70. The lowest BCUT2D eigenvalue weighted by atomic mass is 10.0. The first kappa shape index (κ1) is 14.4. The third-order valence-electron chi connectivity index (χ3n) is 4.58. The quantitative estimate of drug-likeness (QED) is 0.865. The number of rotatable bonds is 5. The average Bonchev–Trinajstić information content (AvgIpc) is 2.70. The Morgan fingerprint density at radius 3 is 2.38 bits per heavy atom. The van der Waals surface area contributed by atoms with Crippen LogP contribution in [0, 0.1) is 0 Å². The first-order chi connectivity index (χ1) is 10.1. The smallest absolute Gasteiger partial charge is 0.335 e.